The number of hydrogen-bond acceptors (Lipinski definition) is 1. The van der Waals surface area contributed by atoms with E-state index in [0.29, 0.717) is 10.6 Å². The lowest BCUT2D eigenvalue weighted by Crippen LogP contribution is -1.85. The molecule has 2 radical (unpaired) electrons. The number of hydrogen-bond donors (Lipinski definition) is 1. The molecule has 10 heavy (non-hydrogen) atoms. The van der Waals surface area contributed by atoms with Gasteiger partial charge in [-0.15, -0.1) is 6.58 Å². The van der Waals surface area contributed by atoms with Gasteiger partial charge >= 0.3 is 0 Å². The molecule has 0 aromatic rings. The van der Waals surface area contributed by atoms with E-state index in [9.17, 15) is 0 Å². The van der Waals surface area contributed by atoms with Crippen LogP contribution in [-0.4, -0.2) is 19.6 Å². The molecule has 0 unspecified atom stereocenters. The van der Waals surface area contributed by atoms with E-state index >= 15 is 0 Å². The van der Waals surface area contributed by atoms with Crippen molar-refractivity contribution in [3.8, 4) is 0 Å². The fraction of sp³-hybridized carbons (Fsp3) is 0.143. The van der Waals surface area contributed by atoms with Crippen molar-refractivity contribution in [1.82, 2.24) is 0 Å². The average molecular weight is 154 g/mol. The highest BCUT2D eigenvalue weighted by molar-refractivity contribution is 6.40. The van der Waals surface area contributed by atoms with Crippen LogP contribution in [0.5, 0.6) is 0 Å². The molecule has 0 aliphatic carbocycles. The largest absolute Gasteiger partial charge is 0.392 e. The van der Waals surface area contributed by atoms with Gasteiger partial charge in [-0.3, -0.25) is 0 Å². The zero-order chi connectivity index (χ0) is 8.15. The Bertz CT molecular complexity index is 184. The van der Waals surface area contributed by atoms with Gasteiger partial charge in [0.05, 0.1) is 6.61 Å². The normalized spacial score (nSPS) is 11.2. The predicted molar refractivity (Wildman–Crippen MR) is 45.1 cm³/mol. The molecule has 0 aromatic carbocycles. The van der Waals surface area contributed by atoms with Gasteiger partial charge in [-0.25, -0.2) is 0 Å². The summed E-state index contributed by atoms with van der Waals surface area (Å²) in [6.45, 7) is 6.76. The van der Waals surface area contributed by atoms with Gasteiger partial charge in [0.1, 0.15) is 7.85 Å². The van der Waals surface area contributed by atoms with Crippen molar-refractivity contribution >= 4 is 19.4 Å². The summed E-state index contributed by atoms with van der Waals surface area (Å²) in [5.74, 6) is 0. The molecule has 0 aliphatic heterocycles. The lowest BCUT2D eigenvalue weighted by atomic mass is 9.97. The van der Waals surface area contributed by atoms with Crippen molar-refractivity contribution in [2.24, 2.45) is 0 Å². The Morgan fingerprint density at radius 2 is 2.10 bits per heavy atom. The second kappa shape index (κ2) is 4.37. The fourth-order valence-electron chi connectivity index (χ4n) is 0.318. The Morgan fingerprint density at radius 3 is 2.40 bits per heavy atom. The summed E-state index contributed by atoms with van der Waals surface area (Å²) in [7, 11) is 5.22. The summed E-state index contributed by atoms with van der Waals surface area (Å²) >= 11 is 5.55. The van der Waals surface area contributed by atoms with E-state index in [1.807, 2.05) is 0 Å². The van der Waals surface area contributed by atoms with E-state index in [0.717, 1.165) is 0 Å². The Labute approximate surface area is 67.1 Å². The molecule has 0 bridgehead atoms. The van der Waals surface area contributed by atoms with Crippen LogP contribution in [0.25, 0.3) is 0 Å². The molecule has 0 fully saturated rings. The average Bonchev–Trinajstić information content (AvgIpc) is 1.87. The van der Waals surface area contributed by atoms with Crippen molar-refractivity contribution in [3.05, 3.63) is 35.3 Å². The summed E-state index contributed by atoms with van der Waals surface area (Å²) in [6.07, 6.45) is 1.48. The van der Waals surface area contributed by atoms with Crippen molar-refractivity contribution in [1.29, 1.82) is 0 Å². The first-order valence-electron chi connectivity index (χ1n) is 2.68. The molecule has 0 rings (SSSR count). The second-order valence-electron chi connectivity index (χ2n) is 1.83. The highest BCUT2D eigenvalue weighted by Gasteiger charge is 1.92. The summed E-state index contributed by atoms with van der Waals surface area (Å²) < 4.78 is 0. The standard InChI is InChI=1S/C7H8BClO/c1-5(4-10)3-7(9)6(2)8/h3,10H,1-2,4H2/b7-3+. The monoisotopic (exact) mass is 154 g/mol. The van der Waals surface area contributed by atoms with Crippen LogP contribution < -0.4 is 0 Å². The number of allylic oxidation sites excluding steroid dienone is 2. The zero-order valence-electron chi connectivity index (χ0n) is 5.60. The molecule has 1 N–H and O–H groups in total. The number of halogens is 1. The van der Waals surface area contributed by atoms with E-state index in [4.69, 9.17) is 24.6 Å². The minimum Gasteiger partial charge on any atom is -0.392 e. The van der Waals surface area contributed by atoms with E-state index < -0.39 is 0 Å². The van der Waals surface area contributed by atoms with Crippen LogP contribution in [0.4, 0.5) is 0 Å². The molecule has 0 aromatic heterocycles. The van der Waals surface area contributed by atoms with Crippen LogP contribution in [0.15, 0.2) is 35.3 Å². The minimum absolute atomic E-state index is 0.122. The van der Waals surface area contributed by atoms with Gasteiger partial charge in [0.15, 0.2) is 0 Å². The third-order valence-electron chi connectivity index (χ3n) is 0.841. The number of aliphatic hydroxyl groups is 1. The maximum Gasteiger partial charge on any atom is 0.115 e. The molecule has 0 amide bonds. The zero-order valence-corrected chi connectivity index (χ0v) is 6.36. The maximum atomic E-state index is 8.49. The quantitative estimate of drug-likeness (QED) is 0.480. The van der Waals surface area contributed by atoms with Crippen LogP contribution in [0.1, 0.15) is 0 Å². The molecule has 0 aliphatic rings. The first-order valence-corrected chi connectivity index (χ1v) is 3.06. The van der Waals surface area contributed by atoms with Gasteiger partial charge in [-0.1, -0.05) is 23.7 Å². The van der Waals surface area contributed by atoms with Gasteiger partial charge < -0.3 is 5.11 Å². The highest BCUT2D eigenvalue weighted by Crippen LogP contribution is 2.11. The topological polar surface area (TPSA) is 20.2 Å². The summed E-state index contributed by atoms with van der Waals surface area (Å²) in [5.41, 5.74) is 0.785. The Balaban J connectivity index is 4.16. The first kappa shape index (κ1) is 9.53. The molecular weight excluding hydrogens is 146 g/mol. The number of aliphatic hydroxyl groups excluding tert-OH is 1. The molecular formula is C7H8BClO. The van der Waals surface area contributed by atoms with E-state index in [1.165, 1.54) is 6.08 Å². The molecule has 0 spiro atoms. The summed E-state index contributed by atoms with van der Waals surface area (Å²) in [4.78, 5) is 0. The van der Waals surface area contributed by atoms with Crippen molar-refractivity contribution in [2.75, 3.05) is 6.61 Å². The molecule has 0 heterocycles. The molecule has 52 valence electrons. The summed E-state index contributed by atoms with van der Waals surface area (Å²) in [6, 6.07) is 0. The van der Waals surface area contributed by atoms with Gasteiger partial charge in [0, 0.05) is 5.03 Å². The SMILES string of the molecule is [B]C(=C)/C(Cl)=C\C(=C)CO. The van der Waals surface area contributed by atoms with Gasteiger partial charge in [-0.2, -0.15) is 0 Å². The lowest BCUT2D eigenvalue weighted by molar-refractivity contribution is 0.335. The first-order chi connectivity index (χ1) is 4.57. The van der Waals surface area contributed by atoms with Gasteiger partial charge in [0.25, 0.3) is 0 Å². The molecule has 0 saturated heterocycles. The Morgan fingerprint density at radius 1 is 1.60 bits per heavy atom. The van der Waals surface area contributed by atoms with Gasteiger partial charge in [-0.05, 0) is 11.6 Å². The van der Waals surface area contributed by atoms with Crippen molar-refractivity contribution < 1.29 is 5.11 Å². The molecule has 0 saturated carbocycles. The van der Waals surface area contributed by atoms with E-state index in [-0.39, 0.29) is 12.1 Å². The number of rotatable bonds is 3. The minimum atomic E-state index is -0.122. The van der Waals surface area contributed by atoms with Crippen LogP contribution in [0.3, 0.4) is 0 Å². The van der Waals surface area contributed by atoms with E-state index in [2.05, 4.69) is 13.2 Å². The molecule has 1 nitrogen and oxygen atoms in total. The Hall–Kier alpha value is -0.465. The van der Waals surface area contributed by atoms with Crippen molar-refractivity contribution in [2.45, 2.75) is 0 Å². The maximum absolute atomic E-state index is 8.49. The van der Waals surface area contributed by atoms with Crippen molar-refractivity contribution in [3.63, 3.8) is 0 Å². The molecule has 0 atom stereocenters. The lowest BCUT2D eigenvalue weighted by Gasteiger charge is -1.96. The summed E-state index contributed by atoms with van der Waals surface area (Å²) in [5, 5.41) is 8.81. The van der Waals surface area contributed by atoms with Crippen LogP contribution in [-0.2, 0) is 0 Å². The van der Waals surface area contributed by atoms with Gasteiger partial charge in [0.2, 0.25) is 0 Å². The smallest absolute Gasteiger partial charge is 0.115 e. The highest BCUT2D eigenvalue weighted by atomic mass is 35.5. The van der Waals surface area contributed by atoms with Crippen LogP contribution >= 0.6 is 11.6 Å². The predicted octanol–water partition coefficient (Wildman–Crippen LogP) is 1.34. The van der Waals surface area contributed by atoms with E-state index in [1.54, 1.807) is 0 Å². The Kier molecular flexibility index (Phi) is 4.16. The van der Waals surface area contributed by atoms with Crippen LogP contribution in [0.2, 0.25) is 0 Å². The second-order valence-corrected chi connectivity index (χ2v) is 2.24. The third-order valence-corrected chi connectivity index (χ3v) is 1.19. The third kappa shape index (κ3) is 3.54. The molecule has 3 heteroatoms. The fourth-order valence-corrected chi connectivity index (χ4v) is 0.472. The van der Waals surface area contributed by atoms with Crippen LogP contribution in [0, 0.1) is 0 Å².